The Hall–Kier alpha value is -8.60. The summed E-state index contributed by atoms with van der Waals surface area (Å²) >= 11 is 0. The Kier molecular flexibility index (Phi) is 10.7. The first-order valence-electron chi connectivity index (χ1n) is 26.0. The fraction of sp³-hybridized carbons (Fsp3) is 0.143. The molecule has 2 aromatic heterocycles. The van der Waals surface area contributed by atoms with Crippen LogP contribution in [0.25, 0.3) is 83.0 Å². The van der Waals surface area contributed by atoms with Gasteiger partial charge in [0.25, 0.3) is 0 Å². The number of allylic oxidation sites excluding steroid dienone is 1. The number of hydrogen-bond donors (Lipinski definition) is 0. The number of rotatable bonds is 8. The van der Waals surface area contributed by atoms with E-state index >= 15 is 0 Å². The van der Waals surface area contributed by atoms with E-state index in [9.17, 15) is 0 Å². The number of fused-ring (bicyclic) bond motifs is 9. The van der Waals surface area contributed by atoms with Gasteiger partial charge in [0, 0.05) is 61.4 Å². The molecule has 0 unspecified atom stereocenters. The van der Waals surface area contributed by atoms with Gasteiger partial charge in [-0.1, -0.05) is 91.0 Å². The van der Waals surface area contributed by atoms with Crippen LogP contribution in [0.1, 0.15) is 62.1 Å². The smallest absolute Gasteiger partial charge is 0.147 e. The average molecular weight is 959 g/mol. The zero-order valence-electron chi connectivity index (χ0n) is 43.4. The molecular formula is C70H58N2O2. The maximum atomic E-state index is 7.37. The van der Waals surface area contributed by atoms with Crippen molar-refractivity contribution < 1.29 is 8.83 Å². The monoisotopic (exact) mass is 958 g/mol. The summed E-state index contributed by atoms with van der Waals surface area (Å²) in [5.41, 5.74) is 27.2. The first kappa shape index (κ1) is 45.3. The molecule has 0 radical (unpaired) electrons. The minimum Gasteiger partial charge on any atom is -0.455 e. The summed E-state index contributed by atoms with van der Waals surface area (Å²) in [6.07, 6.45) is 4.20. The molecule has 0 aliphatic heterocycles. The van der Waals surface area contributed by atoms with E-state index in [1.165, 1.54) is 72.7 Å². The highest BCUT2D eigenvalue weighted by molar-refractivity contribution is 6.31. The molecule has 0 bridgehead atoms. The van der Waals surface area contributed by atoms with Crippen LogP contribution in [0, 0.1) is 55.4 Å². The summed E-state index contributed by atoms with van der Waals surface area (Å²) in [5, 5.41) is 6.49. The van der Waals surface area contributed by atoms with Crippen molar-refractivity contribution in [2.75, 3.05) is 9.80 Å². The van der Waals surface area contributed by atoms with Gasteiger partial charge in [-0.15, -0.1) is 0 Å². The molecule has 74 heavy (non-hydrogen) atoms. The molecule has 4 heteroatoms. The van der Waals surface area contributed by atoms with Crippen LogP contribution in [0.4, 0.5) is 28.4 Å². The second-order valence-electron chi connectivity index (χ2n) is 21.2. The highest BCUT2D eigenvalue weighted by Gasteiger charge is 2.29. The molecule has 13 rings (SSSR count). The van der Waals surface area contributed by atoms with Gasteiger partial charge in [-0.2, -0.15) is 0 Å². The van der Waals surface area contributed by atoms with Crippen LogP contribution >= 0.6 is 0 Å². The molecule has 1 aliphatic rings. The van der Waals surface area contributed by atoms with Crippen molar-refractivity contribution in [3.63, 3.8) is 0 Å². The van der Waals surface area contributed by atoms with Crippen molar-refractivity contribution in [2.45, 2.75) is 68.2 Å². The van der Waals surface area contributed by atoms with Crippen LogP contribution in [-0.2, 0) is 6.42 Å². The number of aryl methyl sites for hydroxylation is 9. The van der Waals surface area contributed by atoms with Gasteiger partial charge in [0.1, 0.15) is 22.3 Å². The van der Waals surface area contributed by atoms with Crippen LogP contribution in [0.5, 0.6) is 0 Å². The predicted octanol–water partition coefficient (Wildman–Crippen LogP) is 20.0. The van der Waals surface area contributed by atoms with E-state index in [1.807, 2.05) is 0 Å². The van der Waals surface area contributed by atoms with Crippen LogP contribution < -0.4 is 9.80 Å². The molecule has 0 saturated heterocycles. The SMILES string of the molecule is Cc1cc(C)cc(N(C2=Cc3cc4oc5c(c(-c6ccccc6)c(-c6ccccc6)c6oc7cc8cc(N(c9cc(C)cc(C)c9)c9cc(C)cc(C)c9)ccc8cc7c65)c4cc3CC2)c2cc(C)cc(C)c2)c1. The van der Waals surface area contributed by atoms with E-state index in [1.54, 1.807) is 0 Å². The minimum atomic E-state index is 0.822. The maximum Gasteiger partial charge on any atom is 0.147 e. The van der Waals surface area contributed by atoms with E-state index in [-0.39, 0.29) is 0 Å². The molecule has 0 amide bonds. The molecule has 10 aromatic carbocycles. The molecule has 0 N–H and O–H groups in total. The number of hydrogen-bond acceptors (Lipinski definition) is 4. The molecule has 12 aromatic rings. The average Bonchev–Trinajstić information content (AvgIpc) is 3.91. The largest absolute Gasteiger partial charge is 0.455 e. The molecule has 0 fully saturated rings. The summed E-state index contributed by atoms with van der Waals surface area (Å²) in [6, 6.07) is 65.1. The van der Waals surface area contributed by atoms with Crippen LogP contribution in [-0.4, -0.2) is 0 Å². The first-order valence-corrected chi connectivity index (χ1v) is 26.0. The van der Waals surface area contributed by atoms with Crippen molar-refractivity contribution in [2.24, 2.45) is 0 Å². The lowest BCUT2D eigenvalue weighted by atomic mass is 9.87. The van der Waals surface area contributed by atoms with Gasteiger partial charge in [-0.25, -0.2) is 0 Å². The summed E-state index contributed by atoms with van der Waals surface area (Å²) in [5.74, 6) is 0. The lowest BCUT2D eigenvalue weighted by Crippen LogP contribution is -2.19. The molecule has 2 heterocycles. The van der Waals surface area contributed by atoms with E-state index in [2.05, 4.69) is 247 Å². The third-order valence-corrected chi connectivity index (χ3v) is 15.0. The Morgan fingerprint density at radius 2 is 0.824 bits per heavy atom. The maximum absolute atomic E-state index is 7.37. The summed E-state index contributed by atoms with van der Waals surface area (Å²) in [7, 11) is 0. The number of nitrogens with zero attached hydrogens (tertiary/aromatic N) is 2. The Morgan fingerprint density at radius 3 is 1.36 bits per heavy atom. The van der Waals surface area contributed by atoms with E-state index in [4.69, 9.17) is 8.83 Å². The third kappa shape index (κ3) is 7.84. The lowest BCUT2D eigenvalue weighted by molar-refractivity contribution is 0.663. The van der Waals surface area contributed by atoms with Gasteiger partial charge in [-0.3, -0.25) is 0 Å². The fourth-order valence-electron chi connectivity index (χ4n) is 12.3. The summed E-state index contributed by atoms with van der Waals surface area (Å²) in [6.45, 7) is 17.5. The van der Waals surface area contributed by atoms with Crippen molar-refractivity contribution in [3.8, 4) is 22.3 Å². The summed E-state index contributed by atoms with van der Waals surface area (Å²) < 4.78 is 14.7. The zero-order valence-corrected chi connectivity index (χ0v) is 43.4. The second kappa shape index (κ2) is 17.6. The Balaban J connectivity index is 1.06. The molecule has 0 saturated carbocycles. The number of benzene rings is 10. The van der Waals surface area contributed by atoms with Crippen LogP contribution in [0.2, 0.25) is 0 Å². The van der Waals surface area contributed by atoms with Crippen molar-refractivity contribution in [1.82, 2.24) is 0 Å². The van der Waals surface area contributed by atoms with E-state index < -0.39 is 0 Å². The quantitative estimate of drug-likeness (QED) is 0.152. The van der Waals surface area contributed by atoms with Crippen molar-refractivity contribution in [1.29, 1.82) is 0 Å². The van der Waals surface area contributed by atoms with Crippen molar-refractivity contribution >= 4 is 89.2 Å². The highest BCUT2D eigenvalue weighted by Crippen LogP contribution is 2.52. The van der Waals surface area contributed by atoms with Gasteiger partial charge in [-0.05, 0) is 237 Å². The Bertz CT molecular complexity index is 4100. The zero-order chi connectivity index (χ0) is 50.5. The van der Waals surface area contributed by atoms with Gasteiger partial charge in [0.05, 0.1) is 5.39 Å². The van der Waals surface area contributed by atoms with E-state index in [0.717, 1.165) is 107 Å². The van der Waals surface area contributed by atoms with Gasteiger partial charge in [0.15, 0.2) is 0 Å². The number of furan rings is 2. The molecular weight excluding hydrogens is 901 g/mol. The molecule has 0 spiro atoms. The molecule has 360 valence electrons. The van der Waals surface area contributed by atoms with Crippen LogP contribution in [0.3, 0.4) is 0 Å². The van der Waals surface area contributed by atoms with Crippen LogP contribution in [0.15, 0.2) is 190 Å². The Labute approximate surface area is 433 Å². The lowest BCUT2D eigenvalue weighted by Gasteiger charge is -2.31. The van der Waals surface area contributed by atoms with E-state index in [0.29, 0.717) is 0 Å². The van der Waals surface area contributed by atoms with Gasteiger partial charge < -0.3 is 18.6 Å². The van der Waals surface area contributed by atoms with Gasteiger partial charge in [0.2, 0.25) is 0 Å². The normalized spacial score (nSPS) is 12.6. The van der Waals surface area contributed by atoms with Gasteiger partial charge >= 0.3 is 0 Å². The highest BCUT2D eigenvalue weighted by atomic mass is 16.3. The molecule has 1 aliphatic carbocycles. The first-order chi connectivity index (χ1) is 35.9. The molecule has 4 nitrogen and oxygen atoms in total. The topological polar surface area (TPSA) is 32.8 Å². The third-order valence-electron chi connectivity index (χ3n) is 15.0. The van der Waals surface area contributed by atoms with Crippen molar-refractivity contribution in [3.05, 3.63) is 237 Å². The fourth-order valence-corrected chi connectivity index (χ4v) is 12.3. The predicted molar refractivity (Wildman–Crippen MR) is 313 cm³/mol. The minimum absolute atomic E-state index is 0.822. The Morgan fingerprint density at radius 1 is 0.351 bits per heavy atom. The summed E-state index contributed by atoms with van der Waals surface area (Å²) in [4.78, 5) is 4.87. The molecule has 0 atom stereocenters. The number of anilines is 5. The standard InChI is InChI=1S/C70H58N2O2/c1-41-23-42(2)28-57(27-41)71(58-29-43(3)24-44(4)30-58)55-21-19-51-37-61-63(39-53(51)35-55)74-70-67(61)65(49-15-11-9-12-16-49)66(50-17-13-10-14-18-50)69-68(70)62-38-52-20-22-56(36-54(52)40-64(62)73-69)72(59-31-45(5)25-46(6)32-59)60-33-47(7)26-48(8)34-60/h9-18,20,22-40H,19,21H2,1-8H3. The second-order valence-corrected chi connectivity index (χ2v) is 21.2.